The molecule has 5 heteroatoms. The van der Waals surface area contributed by atoms with Crippen molar-refractivity contribution < 1.29 is 4.39 Å². The Morgan fingerprint density at radius 1 is 1.60 bits per heavy atom. The fourth-order valence-corrected chi connectivity index (χ4v) is 3.17. The molecule has 4 nitrogen and oxygen atoms in total. The van der Waals surface area contributed by atoms with E-state index < -0.39 is 6.17 Å². The Balaban J connectivity index is 1.89. The number of anilines is 2. The van der Waals surface area contributed by atoms with Gasteiger partial charge >= 0.3 is 0 Å². The van der Waals surface area contributed by atoms with Crippen LogP contribution in [-0.4, -0.2) is 31.2 Å². The summed E-state index contributed by atoms with van der Waals surface area (Å²) in [6, 6.07) is 1.68. The smallest absolute Gasteiger partial charge is 0.152 e. The molecule has 2 saturated heterocycles. The number of nitrogens with two attached hydrogens (primary N) is 1. The average molecular weight is 276 g/mol. The molecule has 1 aromatic rings. The molecule has 3 N–H and O–H groups in total. The van der Waals surface area contributed by atoms with Crippen molar-refractivity contribution in [2.45, 2.75) is 19.5 Å². The molecule has 2 fully saturated rings. The van der Waals surface area contributed by atoms with Gasteiger partial charge in [0.1, 0.15) is 6.17 Å². The highest BCUT2D eigenvalue weighted by Crippen LogP contribution is 2.41. The Morgan fingerprint density at radius 3 is 2.90 bits per heavy atom. The minimum absolute atomic E-state index is 0.361. The van der Waals surface area contributed by atoms with E-state index in [-0.39, 0.29) is 0 Å². The molecule has 3 rings (SSSR count). The molecule has 108 valence electrons. The van der Waals surface area contributed by atoms with Crippen molar-refractivity contribution in [3.63, 3.8) is 0 Å². The molecule has 0 radical (unpaired) electrons. The van der Waals surface area contributed by atoms with E-state index in [9.17, 15) is 4.39 Å². The van der Waals surface area contributed by atoms with Gasteiger partial charge in [0.15, 0.2) is 5.82 Å². The highest BCUT2D eigenvalue weighted by atomic mass is 19.1. The van der Waals surface area contributed by atoms with Gasteiger partial charge < -0.3 is 16.0 Å². The predicted octanol–water partition coefficient (Wildman–Crippen LogP) is 2.14. The molecule has 1 spiro atoms. The topological polar surface area (TPSA) is 54.2 Å². The molecule has 0 amide bonds. The lowest BCUT2D eigenvalue weighted by molar-refractivity contribution is 0.241. The number of hydrogen-bond acceptors (Lipinski definition) is 4. The van der Waals surface area contributed by atoms with E-state index in [0.29, 0.717) is 22.6 Å². The summed E-state index contributed by atoms with van der Waals surface area (Å²) in [7, 11) is 0. The van der Waals surface area contributed by atoms with Crippen LogP contribution in [0.15, 0.2) is 12.6 Å². The molecule has 3 heterocycles. The van der Waals surface area contributed by atoms with Crippen LogP contribution in [0, 0.1) is 5.41 Å². The van der Waals surface area contributed by atoms with Crippen LogP contribution in [0.25, 0.3) is 6.08 Å². The van der Waals surface area contributed by atoms with Gasteiger partial charge in [-0.25, -0.2) is 9.37 Å². The molecule has 0 saturated carbocycles. The molecule has 1 aromatic heterocycles. The summed E-state index contributed by atoms with van der Waals surface area (Å²) < 4.78 is 13.6. The zero-order valence-corrected chi connectivity index (χ0v) is 11.8. The van der Waals surface area contributed by atoms with E-state index in [1.807, 2.05) is 0 Å². The van der Waals surface area contributed by atoms with Crippen molar-refractivity contribution in [2.75, 3.05) is 36.8 Å². The third kappa shape index (κ3) is 2.06. The largest absolute Gasteiger partial charge is 0.395 e. The van der Waals surface area contributed by atoms with E-state index in [4.69, 9.17) is 5.73 Å². The van der Waals surface area contributed by atoms with E-state index in [1.54, 1.807) is 12.1 Å². The van der Waals surface area contributed by atoms with Gasteiger partial charge in [-0.15, -0.1) is 0 Å². The van der Waals surface area contributed by atoms with Gasteiger partial charge in [-0.1, -0.05) is 12.7 Å². The molecular formula is C15H21FN4. The van der Waals surface area contributed by atoms with Crippen LogP contribution < -0.4 is 16.0 Å². The molecular weight excluding hydrogens is 255 g/mol. The van der Waals surface area contributed by atoms with Crippen LogP contribution in [0.5, 0.6) is 0 Å². The fraction of sp³-hybridized carbons (Fsp3) is 0.533. The second-order valence-corrected chi connectivity index (χ2v) is 5.98. The number of halogens is 1. The third-order valence-electron chi connectivity index (χ3n) is 4.40. The van der Waals surface area contributed by atoms with Gasteiger partial charge in [-0.3, -0.25) is 0 Å². The molecule has 1 atom stereocenters. The number of nitrogens with zero attached hydrogens (tertiary/aromatic N) is 2. The van der Waals surface area contributed by atoms with Crippen molar-refractivity contribution in [3.05, 3.63) is 23.9 Å². The second kappa shape index (κ2) is 4.74. The van der Waals surface area contributed by atoms with Crippen molar-refractivity contribution in [2.24, 2.45) is 5.41 Å². The van der Waals surface area contributed by atoms with Crippen LogP contribution in [0.1, 0.15) is 30.8 Å². The lowest BCUT2D eigenvalue weighted by Gasteiger charge is -2.49. The Hall–Kier alpha value is -1.62. The minimum atomic E-state index is -1.10. The summed E-state index contributed by atoms with van der Waals surface area (Å²) in [6.45, 7) is 9.26. The second-order valence-electron chi connectivity index (χ2n) is 5.98. The molecule has 20 heavy (non-hydrogen) atoms. The molecule has 0 bridgehead atoms. The normalized spacial score (nSPS) is 21.8. The fourth-order valence-electron chi connectivity index (χ4n) is 3.17. The Morgan fingerprint density at radius 2 is 2.35 bits per heavy atom. The monoisotopic (exact) mass is 276 g/mol. The maximum absolute atomic E-state index is 13.6. The first-order valence-electron chi connectivity index (χ1n) is 7.07. The summed E-state index contributed by atoms with van der Waals surface area (Å²) in [5.74, 6) is 0.708. The van der Waals surface area contributed by atoms with Crippen molar-refractivity contribution in [3.8, 4) is 0 Å². The quantitative estimate of drug-likeness (QED) is 0.888. The van der Waals surface area contributed by atoms with Gasteiger partial charge in [-0.2, -0.15) is 0 Å². The summed E-state index contributed by atoms with van der Waals surface area (Å²) in [4.78, 5) is 6.57. The van der Waals surface area contributed by atoms with Crippen LogP contribution in [0.2, 0.25) is 0 Å². The average Bonchev–Trinajstić information content (AvgIpc) is 2.86. The zero-order chi connectivity index (χ0) is 14.3. The van der Waals surface area contributed by atoms with E-state index in [2.05, 4.69) is 21.8 Å². The van der Waals surface area contributed by atoms with Gasteiger partial charge in [-0.05, 0) is 26.0 Å². The maximum Gasteiger partial charge on any atom is 0.152 e. The summed E-state index contributed by atoms with van der Waals surface area (Å²) in [6.07, 6.45) is 1.76. The lowest BCUT2D eigenvalue weighted by Crippen LogP contribution is -2.58. The predicted molar refractivity (Wildman–Crippen MR) is 80.4 cm³/mol. The van der Waals surface area contributed by atoms with Gasteiger partial charge in [0.2, 0.25) is 0 Å². The molecule has 1 unspecified atom stereocenters. The van der Waals surface area contributed by atoms with Crippen molar-refractivity contribution in [1.29, 1.82) is 0 Å². The summed E-state index contributed by atoms with van der Waals surface area (Å²) in [5.41, 5.74) is 8.30. The SMILES string of the molecule is C=Cc1cc(C(C)F)nc(N2CC3(CCNC3)C2)c1N. The van der Waals surface area contributed by atoms with Crippen LogP contribution in [0.3, 0.4) is 0 Å². The first kappa shape index (κ1) is 13.4. The zero-order valence-electron chi connectivity index (χ0n) is 11.8. The Kier molecular flexibility index (Phi) is 3.17. The van der Waals surface area contributed by atoms with E-state index in [0.717, 1.165) is 31.7 Å². The Bertz CT molecular complexity index is 527. The highest BCUT2D eigenvalue weighted by Gasteiger charge is 2.46. The number of aromatic nitrogens is 1. The minimum Gasteiger partial charge on any atom is -0.395 e. The van der Waals surface area contributed by atoms with E-state index >= 15 is 0 Å². The summed E-state index contributed by atoms with van der Waals surface area (Å²) in [5, 5.41) is 3.40. The van der Waals surface area contributed by atoms with Crippen LogP contribution in [-0.2, 0) is 0 Å². The molecule has 2 aliphatic heterocycles. The molecule has 0 aliphatic carbocycles. The number of alkyl halides is 1. The summed E-state index contributed by atoms with van der Waals surface area (Å²) >= 11 is 0. The van der Waals surface area contributed by atoms with Crippen molar-refractivity contribution in [1.82, 2.24) is 10.3 Å². The lowest BCUT2D eigenvalue weighted by atomic mass is 9.79. The van der Waals surface area contributed by atoms with Gasteiger partial charge in [0, 0.05) is 30.6 Å². The molecule has 2 aliphatic rings. The number of nitrogens with one attached hydrogen (secondary N) is 1. The van der Waals surface area contributed by atoms with Gasteiger partial charge in [0.25, 0.3) is 0 Å². The highest BCUT2D eigenvalue weighted by molar-refractivity contribution is 5.76. The first-order valence-corrected chi connectivity index (χ1v) is 7.07. The third-order valence-corrected chi connectivity index (χ3v) is 4.40. The number of rotatable bonds is 3. The van der Waals surface area contributed by atoms with Gasteiger partial charge in [0.05, 0.1) is 11.4 Å². The number of hydrogen-bond donors (Lipinski definition) is 2. The maximum atomic E-state index is 13.6. The van der Waals surface area contributed by atoms with Crippen LogP contribution >= 0.6 is 0 Å². The number of nitrogen functional groups attached to an aromatic ring is 1. The standard InChI is InChI=1S/C15H21FN4/c1-3-11-6-12(10(2)16)19-14(13(11)17)20-8-15(9-20)4-5-18-7-15/h3,6,10,18H,1,4-5,7-9,17H2,2H3. The van der Waals surface area contributed by atoms with Crippen molar-refractivity contribution >= 4 is 17.6 Å². The molecule has 0 aromatic carbocycles. The van der Waals surface area contributed by atoms with Crippen LogP contribution in [0.4, 0.5) is 15.9 Å². The first-order chi connectivity index (χ1) is 9.54. The number of pyridine rings is 1. The van der Waals surface area contributed by atoms with E-state index in [1.165, 1.54) is 13.3 Å². The Labute approximate surface area is 118 Å².